The van der Waals surface area contributed by atoms with Crippen LogP contribution in [0, 0.1) is 5.41 Å². The summed E-state index contributed by atoms with van der Waals surface area (Å²) in [5.41, 5.74) is 2.91. The van der Waals surface area contributed by atoms with E-state index < -0.39 is 0 Å². The number of imidazole rings is 1. The summed E-state index contributed by atoms with van der Waals surface area (Å²) in [6.45, 7) is 9.19. The summed E-state index contributed by atoms with van der Waals surface area (Å²) < 4.78 is 0. The maximum Gasteiger partial charge on any atom is 0.228 e. The van der Waals surface area contributed by atoms with Gasteiger partial charge in [-0.25, -0.2) is 4.98 Å². The van der Waals surface area contributed by atoms with Crippen molar-refractivity contribution in [1.29, 1.82) is 0 Å². The second kappa shape index (κ2) is 5.06. The Bertz CT molecular complexity index is 648. The summed E-state index contributed by atoms with van der Waals surface area (Å²) in [6, 6.07) is 6.18. The first kappa shape index (κ1) is 13.9. The zero-order valence-corrected chi connectivity index (χ0v) is 12.9. The maximum atomic E-state index is 12.3. The first-order valence-corrected chi connectivity index (χ1v) is 7.43. The van der Waals surface area contributed by atoms with E-state index in [9.17, 15) is 4.79 Å². The number of nitrogens with zero attached hydrogens (tertiary/aromatic N) is 3. The molecule has 1 N–H and O–H groups in total. The van der Waals surface area contributed by atoms with Crippen molar-refractivity contribution in [2.75, 3.05) is 31.1 Å². The first-order valence-electron chi connectivity index (χ1n) is 7.43. The Balaban J connectivity index is 1.74. The van der Waals surface area contributed by atoms with Crippen LogP contribution in [0.3, 0.4) is 0 Å². The van der Waals surface area contributed by atoms with Gasteiger partial charge in [0.1, 0.15) is 5.52 Å². The highest BCUT2D eigenvalue weighted by molar-refractivity contribution is 5.88. The fourth-order valence-corrected chi connectivity index (χ4v) is 2.83. The Kier molecular flexibility index (Phi) is 3.35. The van der Waals surface area contributed by atoms with Crippen LogP contribution in [0.5, 0.6) is 0 Å². The van der Waals surface area contributed by atoms with Gasteiger partial charge >= 0.3 is 0 Å². The van der Waals surface area contributed by atoms with E-state index in [1.54, 1.807) is 6.33 Å². The molecule has 3 rings (SSSR count). The molecule has 1 aliphatic rings. The topological polar surface area (TPSA) is 52.2 Å². The highest BCUT2D eigenvalue weighted by atomic mass is 16.2. The third kappa shape index (κ3) is 2.60. The fourth-order valence-electron chi connectivity index (χ4n) is 2.83. The molecule has 2 heterocycles. The number of amides is 1. The number of fused-ring (bicyclic) bond motifs is 1. The van der Waals surface area contributed by atoms with Crippen LogP contribution in [0.25, 0.3) is 11.0 Å². The zero-order valence-electron chi connectivity index (χ0n) is 12.9. The lowest BCUT2D eigenvalue weighted by atomic mass is 9.94. The van der Waals surface area contributed by atoms with Crippen LogP contribution in [0.15, 0.2) is 24.5 Å². The predicted molar refractivity (Wildman–Crippen MR) is 84.3 cm³/mol. The van der Waals surface area contributed by atoms with Crippen molar-refractivity contribution in [3.8, 4) is 0 Å². The molecule has 0 spiro atoms. The van der Waals surface area contributed by atoms with Gasteiger partial charge in [0.05, 0.1) is 17.5 Å². The molecule has 1 amide bonds. The van der Waals surface area contributed by atoms with Gasteiger partial charge in [0.25, 0.3) is 0 Å². The van der Waals surface area contributed by atoms with Crippen molar-refractivity contribution in [3.63, 3.8) is 0 Å². The lowest BCUT2D eigenvalue weighted by molar-refractivity contribution is -0.139. The number of nitrogens with one attached hydrogen (secondary N) is 1. The number of carbonyl (C=O) groups is 1. The third-order valence-corrected chi connectivity index (χ3v) is 3.98. The third-order valence-electron chi connectivity index (χ3n) is 3.98. The fraction of sp³-hybridized carbons (Fsp3) is 0.500. The molecule has 1 aromatic carbocycles. The molecule has 5 heteroatoms. The Morgan fingerprint density at radius 1 is 1.19 bits per heavy atom. The van der Waals surface area contributed by atoms with Gasteiger partial charge in [-0.05, 0) is 12.1 Å². The summed E-state index contributed by atoms with van der Waals surface area (Å²) in [6.07, 6.45) is 1.73. The van der Waals surface area contributed by atoms with E-state index in [4.69, 9.17) is 0 Å². The standard InChI is InChI=1S/C16H22N4O/c1-16(2,3)15(21)20-9-7-19(8-10-20)13-6-4-5-12-14(13)18-11-17-12/h4-6,11H,7-10H2,1-3H3,(H,17,18). The van der Waals surface area contributed by atoms with Crippen LogP contribution >= 0.6 is 0 Å². The number of rotatable bonds is 1. The Morgan fingerprint density at radius 2 is 1.90 bits per heavy atom. The molecule has 0 unspecified atom stereocenters. The Labute approximate surface area is 125 Å². The van der Waals surface area contributed by atoms with E-state index in [1.165, 1.54) is 0 Å². The number of carbonyl (C=O) groups excluding carboxylic acids is 1. The van der Waals surface area contributed by atoms with Crippen LogP contribution in [0.2, 0.25) is 0 Å². The highest BCUT2D eigenvalue weighted by Crippen LogP contribution is 2.26. The normalized spacial score (nSPS) is 16.5. The molecule has 0 saturated carbocycles. The molecule has 0 atom stereocenters. The molecule has 1 saturated heterocycles. The van der Waals surface area contributed by atoms with E-state index in [-0.39, 0.29) is 11.3 Å². The van der Waals surface area contributed by atoms with Gasteiger partial charge in [-0.1, -0.05) is 26.8 Å². The number of aromatic nitrogens is 2. The molecule has 1 aromatic heterocycles. The minimum atomic E-state index is -0.301. The summed E-state index contributed by atoms with van der Waals surface area (Å²) in [4.78, 5) is 24.2. The van der Waals surface area contributed by atoms with Gasteiger partial charge in [-0.2, -0.15) is 0 Å². The number of benzene rings is 1. The van der Waals surface area contributed by atoms with E-state index in [0.717, 1.165) is 42.9 Å². The van der Waals surface area contributed by atoms with Crippen molar-refractivity contribution in [3.05, 3.63) is 24.5 Å². The number of hydrogen-bond donors (Lipinski definition) is 1. The Morgan fingerprint density at radius 3 is 2.57 bits per heavy atom. The smallest absolute Gasteiger partial charge is 0.228 e. The van der Waals surface area contributed by atoms with E-state index in [2.05, 4.69) is 20.9 Å². The zero-order chi connectivity index (χ0) is 15.0. The lowest BCUT2D eigenvalue weighted by Gasteiger charge is -2.38. The van der Waals surface area contributed by atoms with Crippen molar-refractivity contribution in [2.45, 2.75) is 20.8 Å². The number of hydrogen-bond acceptors (Lipinski definition) is 3. The molecule has 0 radical (unpaired) electrons. The van der Waals surface area contributed by atoms with E-state index >= 15 is 0 Å². The monoisotopic (exact) mass is 286 g/mol. The van der Waals surface area contributed by atoms with Gasteiger partial charge in [-0.15, -0.1) is 0 Å². The minimum Gasteiger partial charge on any atom is -0.366 e. The van der Waals surface area contributed by atoms with Gasteiger partial charge in [0.15, 0.2) is 0 Å². The largest absolute Gasteiger partial charge is 0.366 e. The van der Waals surface area contributed by atoms with Gasteiger partial charge in [0, 0.05) is 31.6 Å². The number of H-pyrrole nitrogens is 1. The summed E-state index contributed by atoms with van der Waals surface area (Å²) in [5, 5.41) is 0. The SMILES string of the molecule is CC(C)(C)C(=O)N1CCN(c2cccc3[nH]cnc23)CC1. The summed E-state index contributed by atoms with van der Waals surface area (Å²) in [7, 11) is 0. The van der Waals surface area contributed by atoms with Crippen LogP contribution in [-0.2, 0) is 4.79 Å². The molecule has 0 bridgehead atoms. The molecule has 112 valence electrons. The molecule has 2 aromatic rings. The number of para-hydroxylation sites is 1. The van der Waals surface area contributed by atoms with Crippen LogP contribution in [-0.4, -0.2) is 47.0 Å². The average molecular weight is 286 g/mol. The predicted octanol–water partition coefficient (Wildman–Crippen LogP) is 2.26. The number of piperazine rings is 1. The second-order valence-corrected chi connectivity index (χ2v) is 6.61. The van der Waals surface area contributed by atoms with Crippen LogP contribution in [0.1, 0.15) is 20.8 Å². The molecule has 5 nitrogen and oxygen atoms in total. The average Bonchev–Trinajstić information content (AvgIpc) is 2.94. The Hall–Kier alpha value is -2.04. The molecule has 0 aliphatic carbocycles. The highest BCUT2D eigenvalue weighted by Gasteiger charge is 2.30. The first-order chi connectivity index (χ1) is 9.97. The van der Waals surface area contributed by atoms with Crippen molar-refractivity contribution in [2.24, 2.45) is 5.41 Å². The maximum absolute atomic E-state index is 12.3. The molecular formula is C16H22N4O. The quantitative estimate of drug-likeness (QED) is 0.875. The van der Waals surface area contributed by atoms with Crippen molar-refractivity contribution in [1.82, 2.24) is 14.9 Å². The van der Waals surface area contributed by atoms with Crippen LogP contribution in [0.4, 0.5) is 5.69 Å². The number of aromatic amines is 1. The lowest BCUT2D eigenvalue weighted by Crippen LogP contribution is -2.51. The minimum absolute atomic E-state index is 0.236. The molecule has 1 aliphatic heterocycles. The summed E-state index contributed by atoms with van der Waals surface area (Å²) >= 11 is 0. The number of anilines is 1. The van der Waals surface area contributed by atoms with Gasteiger partial charge in [-0.3, -0.25) is 4.79 Å². The van der Waals surface area contributed by atoms with Gasteiger partial charge < -0.3 is 14.8 Å². The van der Waals surface area contributed by atoms with Crippen molar-refractivity contribution < 1.29 is 4.79 Å². The van der Waals surface area contributed by atoms with E-state index in [0.29, 0.717) is 0 Å². The molecular weight excluding hydrogens is 264 g/mol. The molecule has 1 fully saturated rings. The van der Waals surface area contributed by atoms with E-state index in [1.807, 2.05) is 37.8 Å². The van der Waals surface area contributed by atoms with Gasteiger partial charge in [0.2, 0.25) is 5.91 Å². The van der Waals surface area contributed by atoms with Crippen molar-refractivity contribution >= 4 is 22.6 Å². The van der Waals surface area contributed by atoms with Crippen LogP contribution < -0.4 is 4.90 Å². The second-order valence-electron chi connectivity index (χ2n) is 6.61. The summed E-state index contributed by atoms with van der Waals surface area (Å²) in [5.74, 6) is 0.236. The molecule has 21 heavy (non-hydrogen) atoms.